The average Bonchev–Trinajstić information content (AvgIpc) is 3.27. The van der Waals surface area contributed by atoms with Gasteiger partial charge in [-0.25, -0.2) is 4.98 Å². The number of carbonyl (C=O) groups excluding carboxylic acids is 1. The molecule has 0 spiro atoms. The minimum absolute atomic E-state index is 0.110. The van der Waals surface area contributed by atoms with Crippen LogP contribution >= 0.6 is 0 Å². The molecular weight excluding hydrogens is 474 g/mol. The van der Waals surface area contributed by atoms with Crippen LogP contribution in [-0.4, -0.2) is 55.5 Å². The number of nitrogens with one attached hydrogen (secondary N) is 1. The Hall–Kier alpha value is -3.00. The lowest BCUT2D eigenvalue weighted by Crippen LogP contribution is -2.38. The molecule has 204 valence electrons. The van der Waals surface area contributed by atoms with Gasteiger partial charge in [-0.05, 0) is 89.3 Å². The standard InChI is InChI=1S/C30H43N7O/c1-5-6-19(2)34-30-32-17-26-27(18-37(28(26)35-30)25-9-7-24(31)8-10-25)22-11-13-36(14-12-22)29(38)23-15-20(3)33-21(4)16-23/h15-19,22,24-25H,5-14,31H2,1-4H3,(H,32,34,35)/t19-,24-,25-/m0/s1. The van der Waals surface area contributed by atoms with Crippen molar-refractivity contribution in [2.45, 2.75) is 103 Å². The fourth-order valence-corrected chi connectivity index (χ4v) is 6.37. The molecule has 0 unspecified atom stereocenters. The first-order valence-corrected chi connectivity index (χ1v) is 14.5. The number of nitrogens with zero attached hydrogens (tertiary/aromatic N) is 5. The SMILES string of the molecule is CCC[C@H](C)Nc1ncc2c(C3CCN(C(=O)c4cc(C)nc(C)c4)CC3)cn([C@H]3CC[C@H](N)CC3)c2n1. The summed E-state index contributed by atoms with van der Waals surface area (Å²) in [7, 11) is 0. The van der Waals surface area contributed by atoms with E-state index in [4.69, 9.17) is 15.7 Å². The van der Waals surface area contributed by atoms with E-state index in [0.717, 1.165) is 92.4 Å². The van der Waals surface area contributed by atoms with Gasteiger partial charge in [0, 0.05) is 65.9 Å². The second-order valence-corrected chi connectivity index (χ2v) is 11.5. The van der Waals surface area contributed by atoms with Gasteiger partial charge in [-0.3, -0.25) is 9.78 Å². The van der Waals surface area contributed by atoms with Gasteiger partial charge < -0.3 is 20.5 Å². The third-order valence-electron chi connectivity index (χ3n) is 8.38. The van der Waals surface area contributed by atoms with E-state index >= 15 is 0 Å². The largest absolute Gasteiger partial charge is 0.352 e. The zero-order valence-corrected chi connectivity index (χ0v) is 23.4. The van der Waals surface area contributed by atoms with E-state index < -0.39 is 0 Å². The number of carbonyl (C=O) groups is 1. The van der Waals surface area contributed by atoms with Gasteiger partial charge in [0.05, 0.1) is 0 Å². The number of nitrogens with two attached hydrogens (primary N) is 1. The molecule has 8 nitrogen and oxygen atoms in total. The van der Waals surface area contributed by atoms with E-state index in [9.17, 15) is 4.79 Å². The van der Waals surface area contributed by atoms with E-state index in [-0.39, 0.29) is 5.91 Å². The predicted molar refractivity (Wildman–Crippen MR) is 153 cm³/mol. The summed E-state index contributed by atoms with van der Waals surface area (Å²) < 4.78 is 2.41. The summed E-state index contributed by atoms with van der Waals surface area (Å²) in [5, 5.41) is 4.65. The summed E-state index contributed by atoms with van der Waals surface area (Å²) in [4.78, 5) is 29.4. The average molecular weight is 518 g/mol. The monoisotopic (exact) mass is 517 g/mol. The van der Waals surface area contributed by atoms with Crippen LogP contribution in [0.15, 0.2) is 24.5 Å². The van der Waals surface area contributed by atoms with Gasteiger partial charge in [-0.1, -0.05) is 13.3 Å². The fourth-order valence-electron chi connectivity index (χ4n) is 6.37. The number of aryl methyl sites for hydroxylation is 2. The molecule has 5 rings (SSSR count). The summed E-state index contributed by atoms with van der Waals surface area (Å²) in [5.41, 5.74) is 11.1. The van der Waals surface area contributed by atoms with Crippen molar-refractivity contribution < 1.29 is 4.79 Å². The van der Waals surface area contributed by atoms with Crippen LogP contribution in [0, 0.1) is 13.8 Å². The molecule has 8 heteroatoms. The Labute approximate surface area is 226 Å². The van der Waals surface area contributed by atoms with E-state index in [1.54, 1.807) is 0 Å². The number of rotatable bonds is 7. The summed E-state index contributed by atoms with van der Waals surface area (Å²) in [6.45, 7) is 9.78. The molecule has 0 aromatic carbocycles. The number of aromatic nitrogens is 4. The maximum absolute atomic E-state index is 13.2. The van der Waals surface area contributed by atoms with Crippen molar-refractivity contribution in [2.24, 2.45) is 5.73 Å². The van der Waals surface area contributed by atoms with Crippen LogP contribution in [0.2, 0.25) is 0 Å². The molecule has 0 radical (unpaired) electrons. The molecule has 3 aromatic rings. The van der Waals surface area contributed by atoms with Gasteiger partial charge in [0.2, 0.25) is 5.95 Å². The van der Waals surface area contributed by atoms with Crippen molar-refractivity contribution in [1.82, 2.24) is 24.4 Å². The quantitative estimate of drug-likeness (QED) is 0.429. The van der Waals surface area contributed by atoms with Crippen LogP contribution in [0.5, 0.6) is 0 Å². The highest BCUT2D eigenvalue weighted by Crippen LogP contribution is 2.38. The summed E-state index contributed by atoms with van der Waals surface area (Å²) in [6, 6.07) is 4.86. The maximum atomic E-state index is 13.2. The van der Waals surface area contributed by atoms with Gasteiger partial charge >= 0.3 is 0 Å². The Balaban J connectivity index is 1.38. The van der Waals surface area contributed by atoms with E-state index in [0.29, 0.717) is 30.0 Å². The first kappa shape index (κ1) is 26.6. The minimum Gasteiger partial charge on any atom is -0.352 e. The molecule has 38 heavy (non-hydrogen) atoms. The van der Waals surface area contributed by atoms with E-state index in [1.807, 2.05) is 37.1 Å². The highest BCUT2D eigenvalue weighted by molar-refractivity contribution is 5.94. The molecular formula is C30H43N7O. The van der Waals surface area contributed by atoms with Crippen LogP contribution in [0.4, 0.5) is 5.95 Å². The number of amides is 1. The van der Waals surface area contributed by atoms with E-state index in [2.05, 4.69) is 34.9 Å². The Morgan fingerprint density at radius 3 is 2.42 bits per heavy atom. The molecule has 0 bridgehead atoms. The van der Waals surface area contributed by atoms with Crippen LogP contribution in [0.3, 0.4) is 0 Å². The first-order valence-electron chi connectivity index (χ1n) is 14.5. The topological polar surface area (TPSA) is 102 Å². The van der Waals surface area contributed by atoms with Crippen molar-refractivity contribution in [3.8, 4) is 0 Å². The zero-order valence-electron chi connectivity index (χ0n) is 23.4. The summed E-state index contributed by atoms with van der Waals surface area (Å²) >= 11 is 0. The van der Waals surface area contributed by atoms with Crippen molar-refractivity contribution in [3.63, 3.8) is 0 Å². The second kappa shape index (κ2) is 11.4. The second-order valence-electron chi connectivity index (χ2n) is 11.5. The van der Waals surface area contributed by atoms with Crippen LogP contribution in [-0.2, 0) is 0 Å². The Morgan fingerprint density at radius 1 is 1.08 bits per heavy atom. The van der Waals surface area contributed by atoms with Crippen LogP contribution < -0.4 is 11.1 Å². The van der Waals surface area contributed by atoms with Gasteiger partial charge in [0.1, 0.15) is 5.65 Å². The number of likely N-dealkylation sites (tertiary alicyclic amines) is 1. The molecule has 4 heterocycles. The molecule has 1 aliphatic carbocycles. The van der Waals surface area contributed by atoms with Gasteiger partial charge in [0.25, 0.3) is 5.91 Å². The van der Waals surface area contributed by atoms with Crippen molar-refractivity contribution in [2.75, 3.05) is 18.4 Å². The number of hydrogen-bond acceptors (Lipinski definition) is 6. The van der Waals surface area contributed by atoms with Gasteiger partial charge in [-0.15, -0.1) is 0 Å². The smallest absolute Gasteiger partial charge is 0.253 e. The van der Waals surface area contributed by atoms with Gasteiger partial charge in [0.15, 0.2) is 0 Å². The third kappa shape index (κ3) is 5.70. The molecule has 2 aliphatic rings. The minimum atomic E-state index is 0.110. The summed E-state index contributed by atoms with van der Waals surface area (Å²) in [6.07, 6.45) is 12.7. The molecule has 1 saturated carbocycles. The maximum Gasteiger partial charge on any atom is 0.253 e. The molecule has 3 aromatic heterocycles. The number of anilines is 1. The summed E-state index contributed by atoms with van der Waals surface area (Å²) in [5.74, 6) is 1.20. The van der Waals surface area contributed by atoms with Crippen LogP contribution in [0.25, 0.3) is 11.0 Å². The third-order valence-corrected chi connectivity index (χ3v) is 8.38. The van der Waals surface area contributed by atoms with Crippen molar-refractivity contribution in [3.05, 3.63) is 47.0 Å². The zero-order chi connectivity index (χ0) is 26.8. The molecule has 3 N–H and O–H groups in total. The lowest BCUT2D eigenvalue weighted by atomic mass is 9.89. The Kier molecular flexibility index (Phi) is 7.98. The molecule has 2 fully saturated rings. The van der Waals surface area contributed by atoms with Gasteiger partial charge in [-0.2, -0.15) is 4.98 Å². The number of pyridine rings is 1. The highest BCUT2D eigenvalue weighted by Gasteiger charge is 2.29. The number of piperidine rings is 1. The van der Waals surface area contributed by atoms with Crippen LogP contribution in [0.1, 0.15) is 104 Å². The lowest BCUT2D eigenvalue weighted by Gasteiger charge is -2.32. The predicted octanol–water partition coefficient (Wildman–Crippen LogP) is 5.51. The normalized spacial score (nSPS) is 21.6. The Bertz CT molecular complexity index is 1250. The first-order chi connectivity index (χ1) is 18.3. The van der Waals surface area contributed by atoms with E-state index in [1.165, 1.54) is 5.56 Å². The molecule has 1 aliphatic heterocycles. The number of hydrogen-bond donors (Lipinski definition) is 2. The van der Waals surface area contributed by atoms with Crippen molar-refractivity contribution in [1.29, 1.82) is 0 Å². The molecule has 1 atom stereocenters. The molecule has 1 amide bonds. The Morgan fingerprint density at radius 2 is 1.76 bits per heavy atom. The fraction of sp³-hybridized carbons (Fsp3) is 0.600. The lowest BCUT2D eigenvalue weighted by molar-refractivity contribution is 0.0713. The van der Waals surface area contributed by atoms with Crippen molar-refractivity contribution >= 4 is 22.9 Å². The highest BCUT2D eigenvalue weighted by atomic mass is 16.2. The molecule has 1 saturated heterocycles. The number of fused-ring (bicyclic) bond motifs is 1.